The van der Waals surface area contributed by atoms with Crippen molar-refractivity contribution in [3.8, 4) is 11.4 Å². The molecule has 0 radical (unpaired) electrons. The summed E-state index contributed by atoms with van der Waals surface area (Å²) in [4.78, 5) is 20.8. The Morgan fingerprint density at radius 3 is 2.12 bits per heavy atom. The van der Waals surface area contributed by atoms with Crippen LogP contribution in [-0.2, 0) is 4.79 Å². The molecule has 1 amide bonds. The molecule has 0 atom stereocenters. The largest absolute Gasteiger partial charge is 0.343 e. The van der Waals surface area contributed by atoms with Crippen molar-refractivity contribution in [1.29, 1.82) is 0 Å². The van der Waals surface area contributed by atoms with Gasteiger partial charge in [0, 0.05) is 49.2 Å². The first-order chi connectivity index (χ1) is 12.4. The van der Waals surface area contributed by atoms with Gasteiger partial charge >= 0.3 is 0 Å². The van der Waals surface area contributed by atoms with Crippen molar-refractivity contribution in [3.05, 3.63) is 30.3 Å². The number of rotatable bonds is 3. The van der Waals surface area contributed by atoms with Crippen LogP contribution in [0.1, 0.15) is 34.6 Å². The van der Waals surface area contributed by atoms with Crippen LogP contribution in [-0.4, -0.2) is 46.3 Å². The van der Waals surface area contributed by atoms with Crippen molar-refractivity contribution in [2.75, 3.05) is 31.1 Å². The van der Waals surface area contributed by atoms with Gasteiger partial charge in [0.2, 0.25) is 11.0 Å². The Hall–Kier alpha value is -1.95. The first-order valence-corrected chi connectivity index (χ1v) is 10.1. The van der Waals surface area contributed by atoms with E-state index in [1.54, 1.807) is 0 Å². The maximum absolute atomic E-state index is 12.0. The lowest BCUT2D eigenvalue weighted by Gasteiger charge is -2.35. The molecule has 1 saturated heterocycles. The first-order valence-electron chi connectivity index (χ1n) is 9.31. The normalized spacial score (nSPS) is 14.4. The molecule has 0 aliphatic carbocycles. The zero-order valence-electron chi connectivity index (χ0n) is 16.5. The first kappa shape index (κ1) is 20.4. The highest BCUT2D eigenvalue weighted by Crippen LogP contribution is 2.24. The minimum absolute atomic E-state index is 0.0674. The quantitative estimate of drug-likeness (QED) is 0.809. The number of benzene rings is 1. The summed E-state index contributed by atoms with van der Waals surface area (Å²) in [5, 5.41) is 0.940. The highest BCUT2D eigenvalue weighted by molar-refractivity contribution is 7.09. The Labute approximate surface area is 161 Å². The summed E-state index contributed by atoms with van der Waals surface area (Å²) in [7, 11) is 0. The summed E-state index contributed by atoms with van der Waals surface area (Å²) < 4.78 is 4.45. The van der Waals surface area contributed by atoms with Gasteiger partial charge in [-0.05, 0) is 5.92 Å². The number of carbonyl (C=O) groups is 1. The molecule has 0 saturated carbocycles. The second-order valence-electron chi connectivity index (χ2n) is 7.47. The van der Waals surface area contributed by atoms with E-state index in [1.165, 1.54) is 11.5 Å². The number of amides is 1. The topological polar surface area (TPSA) is 49.3 Å². The van der Waals surface area contributed by atoms with E-state index in [0.717, 1.165) is 48.6 Å². The molecule has 0 spiro atoms. The highest BCUT2D eigenvalue weighted by atomic mass is 32.1. The van der Waals surface area contributed by atoms with Crippen LogP contribution in [0.25, 0.3) is 11.4 Å². The lowest BCUT2D eigenvalue weighted by atomic mass is 10.1. The lowest BCUT2D eigenvalue weighted by molar-refractivity contribution is -0.134. The second-order valence-corrected chi connectivity index (χ2v) is 8.20. The molecule has 2 heterocycles. The monoisotopic (exact) mass is 374 g/mol. The van der Waals surface area contributed by atoms with Gasteiger partial charge in [0.25, 0.3) is 0 Å². The third-order valence-electron chi connectivity index (χ3n) is 3.80. The Balaban J connectivity index is 0.000000552. The van der Waals surface area contributed by atoms with Gasteiger partial charge in [0.1, 0.15) is 0 Å². The lowest BCUT2D eigenvalue weighted by Crippen LogP contribution is -2.49. The van der Waals surface area contributed by atoms with Crippen LogP contribution in [0.15, 0.2) is 30.3 Å². The van der Waals surface area contributed by atoms with Crippen molar-refractivity contribution in [2.45, 2.75) is 34.6 Å². The van der Waals surface area contributed by atoms with Crippen molar-refractivity contribution in [3.63, 3.8) is 0 Å². The fourth-order valence-corrected chi connectivity index (χ4v) is 3.27. The molecule has 1 aliphatic heterocycles. The molecule has 1 aromatic heterocycles. The molecule has 0 bridgehead atoms. The van der Waals surface area contributed by atoms with Crippen LogP contribution in [0.5, 0.6) is 0 Å². The summed E-state index contributed by atoms with van der Waals surface area (Å²) in [5.74, 6) is 1.92. The minimum atomic E-state index is 0.0674. The van der Waals surface area contributed by atoms with E-state index in [0.29, 0.717) is 0 Å². The van der Waals surface area contributed by atoms with Crippen LogP contribution >= 0.6 is 11.5 Å². The summed E-state index contributed by atoms with van der Waals surface area (Å²) in [6.45, 7) is 13.6. The van der Waals surface area contributed by atoms with Gasteiger partial charge in [0.05, 0.1) is 0 Å². The maximum atomic E-state index is 12.0. The van der Waals surface area contributed by atoms with Gasteiger partial charge in [-0.2, -0.15) is 9.36 Å². The van der Waals surface area contributed by atoms with E-state index in [2.05, 4.69) is 35.0 Å². The summed E-state index contributed by atoms with van der Waals surface area (Å²) >= 11 is 1.43. The second kappa shape index (κ2) is 9.67. The van der Waals surface area contributed by atoms with E-state index in [-0.39, 0.29) is 11.8 Å². The molecule has 6 heteroatoms. The number of aromatic nitrogens is 2. The zero-order valence-corrected chi connectivity index (χ0v) is 17.3. The summed E-state index contributed by atoms with van der Waals surface area (Å²) in [6, 6.07) is 10.0. The van der Waals surface area contributed by atoms with Crippen molar-refractivity contribution in [1.82, 2.24) is 14.3 Å². The molecule has 0 N–H and O–H groups in total. The molecule has 2 aromatic rings. The minimum Gasteiger partial charge on any atom is -0.343 e. The number of carbonyl (C=O) groups excluding carboxylic acids is 1. The summed E-state index contributed by atoms with van der Waals surface area (Å²) in [6.07, 6.45) is 0. The van der Waals surface area contributed by atoms with Crippen LogP contribution in [0.2, 0.25) is 0 Å². The van der Waals surface area contributed by atoms with Crippen LogP contribution < -0.4 is 4.90 Å². The maximum Gasteiger partial charge on any atom is 0.225 e. The number of hydrogen-bond acceptors (Lipinski definition) is 5. The zero-order chi connectivity index (χ0) is 19.1. The number of piperazine rings is 1. The number of hydrogen-bond donors (Lipinski definition) is 0. The predicted molar refractivity (Wildman–Crippen MR) is 109 cm³/mol. The molecular weight excluding hydrogens is 344 g/mol. The number of anilines is 1. The average molecular weight is 375 g/mol. The van der Waals surface area contributed by atoms with Gasteiger partial charge in [-0.1, -0.05) is 65.0 Å². The van der Waals surface area contributed by atoms with Crippen molar-refractivity contribution >= 4 is 22.6 Å². The van der Waals surface area contributed by atoms with Crippen molar-refractivity contribution < 1.29 is 4.79 Å². The molecule has 5 nitrogen and oxygen atoms in total. The standard InChI is InChI=1S/C16H20N4OS.C4H10/c1-12(2)15(21)19-8-10-20(11-9-19)16-17-14(18-22-16)13-6-4-3-5-7-13;1-4(2)3/h3-7,12H,8-11H2,1-2H3;4H,1-3H3. The van der Waals surface area contributed by atoms with Crippen LogP contribution in [0, 0.1) is 11.8 Å². The predicted octanol–water partition coefficient (Wildman–Crippen LogP) is 4.17. The van der Waals surface area contributed by atoms with Crippen LogP contribution in [0.4, 0.5) is 5.13 Å². The molecule has 1 aromatic carbocycles. The molecule has 1 aliphatic rings. The van der Waals surface area contributed by atoms with Gasteiger partial charge in [0.15, 0.2) is 5.82 Å². The molecule has 1 fully saturated rings. The molecular formula is C20H30N4OS. The van der Waals surface area contributed by atoms with E-state index in [1.807, 2.05) is 49.1 Å². The summed E-state index contributed by atoms with van der Waals surface area (Å²) in [5.41, 5.74) is 1.04. The van der Waals surface area contributed by atoms with Gasteiger partial charge in [-0.3, -0.25) is 4.79 Å². The fraction of sp³-hybridized carbons (Fsp3) is 0.550. The third kappa shape index (κ3) is 5.80. The van der Waals surface area contributed by atoms with Gasteiger partial charge in [-0.25, -0.2) is 0 Å². The Bertz CT molecular complexity index is 673. The number of nitrogens with zero attached hydrogens (tertiary/aromatic N) is 4. The SMILES string of the molecule is CC(C)C.CC(C)C(=O)N1CCN(c2nc(-c3ccccc3)ns2)CC1. The van der Waals surface area contributed by atoms with Gasteiger partial charge in [-0.15, -0.1) is 0 Å². The van der Waals surface area contributed by atoms with E-state index in [9.17, 15) is 4.79 Å². The Morgan fingerprint density at radius 2 is 1.58 bits per heavy atom. The average Bonchev–Trinajstić information content (AvgIpc) is 3.11. The highest BCUT2D eigenvalue weighted by Gasteiger charge is 2.24. The molecule has 0 unspecified atom stereocenters. The molecule has 142 valence electrons. The van der Waals surface area contributed by atoms with Crippen molar-refractivity contribution in [2.24, 2.45) is 11.8 Å². The Morgan fingerprint density at radius 1 is 1.00 bits per heavy atom. The Kier molecular flexibility index (Phi) is 7.57. The molecule has 3 rings (SSSR count). The fourth-order valence-electron chi connectivity index (χ4n) is 2.53. The third-order valence-corrected chi connectivity index (χ3v) is 4.58. The van der Waals surface area contributed by atoms with E-state index >= 15 is 0 Å². The smallest absolute Gasteiger partial charge is 0.225 e. The van der Waals surface area contributed by atoms with E-state index in [4.69, 9.17) is 0 Å². The van der Waals surface area contributed by atoms with Gasteiger partial charge < -0.3 is 9.80 Å². The van der Waals surface area contributed by atoms with Crippen LogP contribution in [0.3, 0.4) is 0 Å². The van der Waals surface area contributed by atoms with E-state index < -0.39 is 0 Å². The molecule has 26 heavy (non-hydrogen) atoms.